The molecule has 3 nitrogen and oxygen atoms in total. The van der Waals surface area contributed by atoms with E-state index in [4.69, 9.17) is 20.8 Å². The van der Waals surface area contributed by atoms with E-state index in [2.05, 4.69) is 19.2 Å². The van der Waals surface area contributed by atoms with Crippen LogP contribution in [0.25, 0.3) is 0 Å². The van der Waals surface area contributed by atoms with E-state index in [1.165, 1.54) is 0 Å². The van der Waals surface area contributed by atoms with Crippen molar-refractivity contribution in [3.63, 3.8) is 0 Å². The number of halogens is 1. The van der Waals surface area contributed by atoms with Crippen molar-refractivity contribution in [1.82, 2.24) is 5.32 Å². The molecule has 0 saturated carbocycles. The Kier molecular flexibility index (Phi) is 5.50. The lowest BCUT2D eigenvalue weighted by atomic mass is 10.2. The molecule has 2 rings (SSSR count). The molecule has 1 heterocycles. The van der Waals surface area contributed by atoms with Gasteiger partial charge in [0.05, 0.1) is 6.26 Å². The van der Waals surface area contributed by atoms with Crippen LogP contribution in [0.5, 0.6) is 5.75 Å². The number of hydrogen-bond donors (Lipinski definition) is 1. The summed E-state index contributed by atoms with van der Waals surface area (Å²) in [4.78, 5) is 0. The molecule has 108 valence electrons. The predicted octanol–water partition coefficient (Wildman–Crippen LogP) is 4.26. The van der Waals surface area contributed by atoms with Crippen LogP contribution in [0.2, 0.25) is 5.02 Å². The van der Waals surface area contributed by atoms with Gasteiger partial charge < -0.3 is 14.5 Å². The van der Waals surface area contributed by atoms with Gasteiger partial charge in [0.15, 0.2) is 0 Å². The SMILES string of the molecule is CC(C)CNCc1coc(COc2cccc(Cl)c2)c1. The minimum atomic E-state index is 0.407. The van der Waals surface area contributed by atoms with E-state index in [0.717, 1.165) is 30.2 Å². The Balaban J connectivity index is 1.80. The number of nitrogens with one attached hydrogen (secondary N) is 1. The molecule has 0 radical (unpaired) electrons. The van der Waals surface area contributed by atoms with Crippen LogP contribution in [0, 0.1) is 5.92 Å². The van der Waals surface area contributed by atoms with Gasteiger partial charge in [-0.05, 0) is 36.7 Å². The van der Waals surface area contributed by atoms with E-state index < -0.39 is 0 Å². The van der Waals surface area contributed by atoms with Gasteiger partial charge in [-0.15, -0.1) is 0 Å². The first-order valence-electron chi connectivity index (χ1n) is 6.79. The second-order valence-corrected chi connectivity index (χ2v) is 5.63. The molecule has 0 unspecified atom stereocenters. The molecule has 0 atom stereocenters. The molecule has 2 aromatic rings. The molecule has 0 aliphatic heterocycles. The molecule has 1 aromatic heterocycles. The van der Waals surface area contributed by atoms with Gasteiger partial charge in [0, 0.05) is 17.1 Å². The Bertz CT molecular complexity index is 537. The second-order valence-electron chi connectivity index (χ2n) is 5.19. The lowest BCUT2D eigenvalue weighted by Crippen LogP contribution is -2.18. The van der Waals surface area contributed by atoms with Crippen molar-refractivity contribution in [2.75, 3.05) is 6.54 Å². The first-order valence-corrected chi connectivity index (χ1v) is 7.16. The van der Waals surface area contributed by atoms with Crippen LogP contribution in [-0.4, -0.2) is 6.54 Å². The van der Waals surface area contributed by atoms with E-state index in [1.807, 2.05) is 24.3 Å². The minimum absolute atomic E-state index is 0.407. The highest BCUT2D eigenvalue weighted by Gasteiger charge is 2.04. The Morgan fingerprint density at radius 1 is 1.30 bits per heavy atom. The average Bonchev–Trinajstić information content (AvgIpc) is 2.84. The van der Waals surface area contributed by atoms with Crippen LogP contribution in [0.15, 0.2) is 41.0 Å². The second kappa shape index (κ2) is 7.36. The van der Waals surface area contributed by atoms with E-state index in [0.29, 0.717) is 17.5 Å². The van der Waals surface area contributed by atoms with Crippen molar-refractivity contribution in [2.24, 2.45) is 5.92 Å². The van der Waals surface area contributed by atoms with Crippen molar-refractivity contribution in [3.8, 4) is 5.75 Å². The van der Waals surface area contributed by atoms with Crippen molar-refractivity contribution in [3.05, 3.63) is 52.9 Å². The highest BCUT2D eigenvalue weighted by atomic mass is 35.5. The van der Waals surface area contributed by atoms with E-state index >= 15 is 0 Å². The summed E-state index contributed by atoms with van der Waals surface area (Å²) in [6, 6.07) is 9.36. The molecule has 1 aromatic carbocycles. The molecular weight excluding hydrogens is 274 g/mol. The third kappa shape index (κ3) is 4.91. The maximum absolute atomic E-state index is 5.90. The van der Waals surface area contributed by atoms with Crippen LogP contribution < -0.4 is 10.1 Å². The van der Waals surface area contributed by atoms with Gasteiger partial charge in [-0.1, -0.05) is 31.5 Å². The zero-order chi connectivity index (χ0) is 14.4. The van der Waals surface area contributed by atoms with Crippen LogP contribution in [-0.2, 0) is 13.2 Å². The topological polar surface area (TPSA) is 34.4 Å². The molecule has 20 heavy (non-hydrogen) atoms. The summed E-state index contributed by atoms with van der Waals surface area (Å²) in [7, 11) is 0. The van der Waals surface area contributed by atoms with Crippen LogP contribution in [0.1, 0.15) is 25.2 Å². The lowest BCUT2D eigenvalue weighted by Gasteiger charge is -2.05. The van der Waals surface area contributed by atoms with Gasteiger partial charge in [-0.3, -0.25) is 0 Å². The third-order valence-electron chi connectivity index (χ3n) is 2.77. The van der Waals surface area contributed by atoms with Crippen LogP contribution in [0.4, 0.5) is 0 Å². The normalized spacial score (nSPS) is 11.0. The summed E-state index contributed by atoms with van der Waals surface area (Å²) in [6.45, 7) is 6.60. The molecule has 0 spiro atoms. The van der Waals surface area contributed by atoms with Gasteiger partial charge in [-0.2, -0.15) is 0 Å². The maximum atomic E-state index is 5.90. The zero-order valence-electron chi connectivity index (χ0n) is 11.9. The summed E-state index contributed by atoms with van der Waals surface area (Å²) < 4.78 is 11.1. The molecule has 0 amide bonds. The molecule has 0 aliphatic carbocycles. The first-order chi connectivity index (χ1) is 9.63. The highest BCUT2D eigenvalue weighted by Crippen LogP contribution is 2.19. The predicted molar refractivity (Wildman–Crippen MR) is 81.0 cm³/mol. The van der Waals surface area contributed by atoms with Crippen molar-refractivity contribution >= 4 is 11.6 Å². The standard InChI is InChI=1S/C16H20ClNO2/c1-12(2)8-18-9-13-6-16(19-10-13)11-20-15-5-3-4-14(17)7-15/h3-7,10,12,18H,8-9,11H2,1-2H3. The summed E-state index contributed by atoms with van der Waals surface area (Å²) >= 11 is 5.90. The number of benzene rings is 1. The van der Waals surface area contributed by atoms with Gasteiger partial charge in [0.25, 0.3) is 0 Å². The highest BCUT2D eigenvalue weighted by molar-refractivity contribution is 6.30. The van der Waals surface area contributed by atoms with Gasteiger partial charge in [0.2, 0.25) is 0 Å². The molecule has 1 N–H and O–H groups in total. The summed E-state index contributed by atoms with van der Waals surface area (Å²) in [6.07, 6.45) is 1.77. The average molecular weight is 294 g/mol. The number of hydrogen-bond acceptors (Lipinski definition) is 3. The number of rotatable bonds is 7. The molecule has 0 fully saturated rings. The molecule has 0 aliphatic rings. The zero-order valence-corrected chi connectivity index (χ0v) is 12.6. The maximum Gasteiger partial charge on any atom is 0.146 e. The fourth-order valence-electron chi connectivity index (χ4n) is 1.81. The smallest absolute Gasteiger partial charge is 0.146 e. The third-order valence-corrected chi connectivity index (χ3v) is 3.00. The molecule has 0 saturated heterocycles. The Hall–Kier alpha value is -1.45. The summed E-state index contributed by atoms with van der Waals surface area (Å²) in [5.41, 5.74) is 1.13. The van der Waals surface area contributed by atoms with Gasteiger partial charge >= 0.3 is 0 Å². The monoisotopic (exact) mass is 293 g/mol. The fraction of sp³-hybridized carbons (Fsp3) is 0.375. The van der Waals surface area contributed by atoms with E-state index in [9.17, 15) is 0 Å². The number of furan rings is 1. The molecular formula is C16H20ClNO2. The minimum Gasteiger partial charge on any atom is -0.486 e. The van der Waals surface area contributed by atoms with Crippen molar-refractivity contribution in [1.29, 1.82) is 0 Å². The quantitative estimate of drug-likeness (QED) is 0.828. The van der Waals surface area contributed by atoms with Crippen LogP contribution in [0.3, 0.4) is 0 Å². The van der Waals surface area contributed by atoms with Gasteiger partial charge in [-0.25, -0.2) is 0 Å². The first kappa shape index (κ1) is 14.9. The number of ether oxygens (including phenoxy) is 1. The Morgan fingerprint density at radius 2 is 2.15 bits per heavy atom. The van der Waals surface area contributed by atoms with Gasteiger partial charge in [0.1, 0.15) is 18.1 Å². The van der Waals surface area contributed by atoms with Crippen molar-refractivity contribution < 1.29 is 9.15 Å². The van der Waals surface area contributed by atoms with E-state index in [1.54, 1.807) is 12.3 Å². The van der Waals surface area contributed by atoms with Crippen molar-refractivity contribution in [2.45, 2.75) is 27.0 Å². The summed E-state index contributed by atoms with van der Waals surface area (Å²) in [5.74, 6) is 2.20. The Labute approximate surface area is 124 Å². The van der Waals surface area contributed by atoms with E-state index in [-0.39, 0.29) is 0 Å². The fourth-order valence-corrected chi connectivity index (χ4v) is 1.99. The Morgan fingerprint density at radius 3 is 2.90 bits per heavy atom. The summed E-state index contributed by atoms with van der Waals surface area (Å²) in [5, 5.41) is 4.04. The van der Waals surface area contributed by atoms with Crippen LogP contribution >= 0.6 is 11.6 Å². The lowest BCUT2D eigenvalue weighted by molar-refractivity contribution is 0.270. The largest absolute Gasteiger partial charge is 0.486 e. The molecule has 0 bridgehead atoms. The molecule has 4 heteroatoms.